The van der Waals surface area contributed by atoms with Crippen LogP contribution < -0.4 is 5.73 Å². The van der Waals surface area contributed by atoms with E-state index in [1.807, 2.05) is 6.92 Å². The molecule has 0 aromatic carbocycles. The minimum atomic E-state index is 0.0336. The SMILES string of the molecule is Cc1nn(C(=N)N)c2c1CCCC2. The Labute approximate surface area is 77.2 Å². The summed E-state index contributed by atoms with van der Waals surface area (Å²) in [5, 5.41) is 11.6. The van der Waals surface area contributed by atoms with Gasteiger partial charge in [-0.25, -0.2) is 4.68 Å². The van der Waals surface area contributed by atoms with Crippen molar-refractivity contribution in [2.45, 2.75) is 32.6 Å². The van der Waals surface area contributed by atoms with Crippen molar-refractivity contribution < 1.29 is 0 Å². The van der Waals surface area contributed by atoms with Crippen molar-refractivity contribution in [2.24, 2.45) is 5.73 Å². The fourth-order valence-electron chi connectivity index (χ4n) is 1.98. The van der Waals surface area contributed by atoms with Crippen LogP contribution in [-0.2, 0) is 12.8 Å². The Hall–Kier alpha value is -1.32. The van der Waals surface area contributed by atoms with E-state index in [9.17, 15) is 0 Å². The van der Waals surface area contributed by atoms with Crippen LogP contribution in [0.2, 0.25) is 0 Å². The van der Waals surface area contributed by atoms with Gasteiger partial charge in [-0.3, -0.25) is 5.41 Å². The zero-order chi connectivity index (χ0) is 9.42. The molecular formula is C9H14N4. The van der Waals surface area contributed by atoms with Gasteiger partial charge in [-0.2, -0.15) is 5.10 Å². The molecule has 0 saturated heterocycles. The second-order valence-corrected chi connectivity index (χ2v) is 3.51. The maximum Gasteiger partial charge on any atom is 0.213 e. The van der Waals surface area contributed by atoms with Gasteiger partial charge in [-0.15, -0.1) is 0 Å². The number of hydrogen-bond acceptors (Lipinski definition) is 2. The van der Waals surface area contributed by atoms with E-state index in [1.54, 1.807) is 4.68 Å². The van der Waals surface area contributed by atoms with E-state index >= 15 is 0 Å². The quantitative estimate of drug-likeness (QED) is 0.456. The van der Waals surface area contributed by atoms with Crippen LogP contribution >= 0.6 is 0 Å². The molecule has 0 unspecified atom stereocenters. The number of aromatic nitrogens is 2. The minimum Gasteiger partial charge on any atom is -0.368 e. The zero-order valence-electron chi connectivity index (χ0n) is 7.80. The minimum absolute atomic E-state index is 0.0336. The molecule has 1 aromatic heterocycles. The largest absolute Gasteiger partial charge is 0.368 e. The van der Waals surface area contributed by atoms with Crippen molar-refractivity contribution in [3.63, 3.8) is 0 Å². The van der Waals surface area contributed by atoms with E-state index in [4.69, 9.17) is 11.1 Å². The Morgan fingerprint density at radius 3 is 2.85 bits per heavy atom. The van der Waals surface area contributed by atoms with E-state index < -0.39 is 0 Å². The molecule has 4 heteroatoms. The number of rotatable bonds is 0. The summed E-state index contributed by atoms with van der Waals surface area (Å²) in [6.07, 6.45) is 4.52. The van der Waals surface area contributed by atoms with E-state index in [2.05, 4.69) is 5.10 Å². The molecule has 1 aliphatic carbocycles. The lowest BCUT2D eigenvalue weighted by molar-refractivity contribution is 0.659. The van der Waals surface area contributed by atoms with Gasteiger partial charge in [0, 0.05) is 0 Å². The molecule has 1 aliphatic rings. The molecule has 70 valence electrons. The fraction of sp³-hybridized carbons (Fsp3) is 0.556. The summed E-state index contributed by atoms with van der Waals surface area (Å²) in [6.45, 7) is 1.99. The lowest BCUT2D eigenvalue weighted by Gasteiger charge is -2.12. The van der Waals surface area contributed by atoms with Gasteiger partial charge in [0.15, 0.2) is 0 Å². The van der Waals surface area contributed by atoms with Gasteiger partial charge >= 0.3 is 0 Å². The molecule has 2 rings (SSSR count). The van der Waals surface area contributed by atoms with Crippen molar-refractivity contribution in [3.05, 3.63) is 17.0 Å². The lowest BCUT2D eigenvalue weighted by Crippen LogP contribution is -2.24. The maximum absolute atomic E-state index is 7.37. The topological polar surface area (TPSA) is 67.7 Å². The number of nitrogens with one attached hydrogen (secondary N) is 1. The molecule has 1 aromatic rings. The summed E-state index contributed by atoms with van der Waals surface area (Å²) >= 11 is 0. The van der Waals surface area contributed by atoms with Crippen LogP contribution in [0, 0.1) is 12.3 Å². The maximum atomic E-state index is 7.37. The summed E-state index contributed by atoms with van der Waals surface area (Å²) in [5.41, 5.74) is 8.92. The first kappa shape index (κ1) is 8.29. The summed E-state index contributed by atoms with van der Waals surface area (Å²) in [5.74, 6) is 0.0336. The number of aryl methyl sites for hydroxylation is 1. The second kappa shape index (κ2) is 2.87. The number of hydrogen-bond donors (Lipinski definition) is 2. The van der Waals surface area contributed by atoms with Gasteiger partial charge in [-0.1, -0.05) is 0 Å². The monoisotopic (exact) mass is 178 g/mol. The molecule has 13 heavy (non-hydrogen) atoms. The van der Waals surface area contributed by atoms with E-state index in [0.717, 1.165) is 24.2 Å². The van der Waals surface area contributed by atoms with Crippen LogP contribution in [0.25, 0.3) is 0 Å². The zero-order valence-corrected chi connectivity index (χ0v) is 7.80. The third-order valence-corrected chi connectivity index (χ3v) is 2.61. The van der Waals surface area contributed by atoms with Gasteiger partial charge in [0.25, 0.3) is 0 Å². The third kappa shape index (κ3) is 1.22. The molecule has 0 radical (unpaired) electrons. The van der Waals surface area contributed by atoms with Crippen LogP contribution in [-0.4, -0.2) is 15.7 Å². The molecule has 0 saturated carbocycles. The second-order valence-electron chi connectivity index (χ2n) is 3.51. The highest BCUT2D eigenvalue weighted by atomic mass is 15.3. The van der Waals surface area contributed by atoms with Crippen molar-refractivity contribution >= 4 is 5.96 Å². The predicted molar refractivity (Wildman–Crippen MR) is 50.9 cm³/mol. The van der Waals surface area contributed by atoms with Gasteiger partial charge < -0.3 is 5.73 Å². The molecule has 0 amide bonds. The van der Waals surface area contributed by atoms with Gasteiger partial charge in [0.1, 0.15) is 0 Å². The van der Waals surface area contributed by atoms with Crippen LogP contribution in [0.5, 0.6) is 0 Å². The molecule has 0 atom stereocenters. The van der Waals surface area contributed by atoms with Crippen LogP contribution in [0.1, 0.15) is 29.8 Å². The highest BCUT2D eigenvalue weighted by molar-refractivity contribution is 5.77. The van der Waals surface area contributed by atoms with Gasteiger partial charge in [0.05, 0.1) is 11.4 Å². The number of fused-ring (bicyclic) bond motifs is 1. The number of nitrogen functional groups attached to an aromatic ring is 1. The molecule has 0 spiro atoms. The van der Waals surface area contributed by atoms with Crippen LogP contribution in [0.3, 0.4) is 0 Å². The summed E-state index contributed by atoms with van der Waals surface area (Å²) in [4.78, 5) is 0. The Kier molecular flexibility index (Phi) is 1.83. The molecule has 0 bridgehead atoms. The highest BCUT2D eigenvalue weighted by Crippen LogP contribution is 2.23. The van der Waals surface area contributed by atoms with Gasteiger partial charge in [0.2, 0.25) is 5.96 Å². The van der Waals surface area contributed by atoms with Crippen LogP contribution in [0.15, 0.2) is 0 Å². The number of nitrogens with two attached hydrogens (primary N) is 1. The molecule has 3 N–H and O–H groups in total. The average molecular weight is 178 g/mol. The Bertz CT molecular complexity index is 351. The fourth-order valence-corrected chi connectivity index (χ4v) is 1.98. The van der Waals surface area contributed by atoms with Crippen molar-refractivity contribution in [1.29, 1.82) is 5.41 Å². The smallest absolute Gasteiger partial charge is 0.213 e. The molecule has 1 heterocycles. The first-order valence-electron chi connectivity index (χ1n) is 4.62. The molecule has 4 nitrogen and oxygen atoms in total. The Morgan fingerprint density at radius 1 is 1.46 bits per heavy atom. The standard InChI is InChI=1S/C9H14N4/c1-6-7-4-2-3-5-8(7)13(12-6)9(10)11/h2-5H2,1H3,(H3,10,11). The highest BCUT2D eigenvalue weighted by Gasteiger charge is 2.19. The van der Waals surface area contributed by atoms with E-state index in [0.29, 0.717) is 0 Å². The molecular weight excluding hydrogens is 164 g/mol. The van der Waals surface area contributed by atoms with Gasteiger partial charge in [-0.05, 0) is 38.2 Å². The summed E-state index contributed by atoms with van der Waals surface area (Å²) in [6, 6.07) is 0. The lowest BCUT2D eigenvalue weighted by atomic mass is 9.96. The first-order chi connectivity index (χ1) is 6.20. The number of nitrogens with zero attached hydrogens (tertiary/aromatic N) is 2. The normalized spacial score (nSPS) is 15.5. The third-order valence-electron chi connectivity index (χ3n) is 2.61. The first-order valence-corrected chi connectivity index (χ1v) is 4.62. The van der Waals surface area contributed by atoms with Crippen molar-refractivity contribution in [2.75, 3.05) is 0 Å². The van der Waals surface area contributed by atoms with Crippen molar-refractivity contribution in [1.82, 2.24) is 9.78 Å². The molecule has 0 fully saturated rings. The molecule has 0 aliphatic heterocycles. The van der Waals surface area contributed by atoms with Crippen molar-refractivity contribution in [3.8, 4) is 0 Å². The Balaban J connectivity index is 2.53. The van der Waals surface area contributed by atoms with E-state index in [1.165, 1.54) is 18.4 Å². The average Bonchev–Trinajstić information content (AvgIpc) is 2.45. The van der Waals surface area contributed by atoms with Crippen LogP contribution in [0.4, 0.5) is 0 Å². The Morgan fingerprint density at radius 2 is 2.15 bits per heavy atom. The predicted octanol–water partition coefficient (Wildman–Crippen LogP) is 0.812. The summed E-state index contributed by atoms with van der Waals surface area (Å²) < 4.78 is 1.57. The van der Waals surface area contributed by atoms with E-state index in [-0.39, 0.29) is 5.96 Å². The summed E-state index contributed by atoms with van der Waals surface area (Å²) in [7, 11) is 0.